The SMILES string of the molecule is Cc1ccc(C(F)(F)F)cc1Nc1cc(-c2ccccn2)nc(NC(C)(C)C)n1. The number of alkyl halides is 3. The van der Waals surface area contributed by atoms with Gasteiger partial charge in [0.25, 0.3) is 0 Å². The van der Waals surface area contributed by atoms with E-state index in [0.717, 1.165) is 12.1 Å². The van der Waals surface area contributed by atoms with E-state index in [-0.39, 0.29) is 5.54 Å². The number of hydrogen-bond donors (Lipinski definition) is 2. The van der Waals surface area contributed by atoms with Crippen molar-refractivity contribution in [3.63, 3.8) is 0 Å². The van der Waals surface area contributed by atoms with Crippen LogP contribution in [0.15, 0.2) is 48.7 Å². The molecule has 2 heterocycles. The second-order valence-corrected chi connectivity index (χ2v) is 7.70. The first-order valence-electron chi connectivity index (χ1n) is 9.05. The highest BCUT2D eigenvalue weighted by Crippen LogP contribution is 2.33. The topological polar surface area (TPSA) is 62.7 Å². The molecule has 0 aliphatic heterocycles. The van der Waals surface area contributed by atoms with Gasteiger partial charge < -0.3 is 10.6 Å². The van der Waals surface area contributed by atoms with Gasteiger partial charge in [0.1, 0.15) is 5.82 Å². The van der Waals surface area contributed by atoms with Crippen molar-refractivity contribution >= 4 is 17.5 Å². The number of halogens is 3. The molecule has 3 aromatic rings. The number of benzene rings is 1. The molecule has 0 spiro atoms. The van der Waals surface area contributed by atoms with E-state index >= 15 is 0 Å². The summed E-state index contributed by atoms with van der Waals surface area (Å²) in [5.74, 6) is 0.725. The van der Waals surface area contributed by atoms with Crippen molar-refractivity contribution in [2.75, 3.05) is 10.6 Å². The minimum Gasteiger partial charge on any atom is -0.350 e. The maximum absolute atomic E-state index is 13.1. The standard InChI is InChI=1S/C21H22F3N5/c1-13-8-9-14(21(22,23)24)11-16(13)26-18-12-17(15-7-5-6-10-25-15)27-19(28-18)29-20(2,3)4/h5-12H,1-4H3,(H2,26,27,28,29). The van der Waals surface area contributed by atoms with Gasteiger partial charge in [-0.25, -0.2) is 4.98 Å². The van der Waals surface area contributed by atoms with Crippen LogP contribution >= 0.6 is 0 Å². The first kappa shape index (κ1) is 20.6. The summed E-state index contributed by atoms with van der Waals surface area (Å²) >= 11 is 0. The van der Waals surface area contributed by atoms with E-state index in [9.17, 15) is 13.2 Å². The van der Waals surface area contributed by atoms with Gasteiger partial charge in [-0.05, 0) is 57.5 Å². The number of pyridine rings is 1. The second-order valence-electron chi connectivity index (χ2n) is 7.70. The van der Waals surface area contributed by atoms with Gasteiger partial charge in [-0.2, -0.15) is 18.2 Å². The maximum Gasteiger partial charge on any atom is 0.416 e. The lowest BCUT2D eigenvalue weighted by Crippen LogP contribution is -2.27. The van der Waals surface area contributed by atoms with Crippen molar-refractivity contribution in [2.24, 2.45) is 0 Å². The largest absolute Gasteiger partial charge is 0.416 e. The molecule has 3 rings (SSSR count). The van der Waals surface area contributed by atoms with Crippen LogP contribution in [0.1, 0.15) is 31.9 Å². The van der Waals surface area contributed by atoms with Gasteiger partial charge in [0.15, 0.2) is 0 Å². The molecule has 0 aliphatic carbocycles. The smallest absolute Gasteiger partial charge is 0.350 e. The van der Waals surface area contributed by atoms with Crippen LogP contribution in [-0.4, -0.2) is 20.5 Å². The van der Waals surface area contributed by atoms with Gasteiger partial charge in [0.2, 0.25) is 5.95 Å². The summed E-state index contributed by atoms with van der Waals surface area (Å²) in [6, 6.07) is 10.7. The monoisotopic (exact) mass is 401 g/mol. The van der Waals surface area contributed by atoms with Gasteiger partial charge >= 0.3 is 6.18 Å². The molecule has 0 unspecified atom stereocenters. The molecule has 152 valence electrons. The summed E-state index contributed by atoms with van der Waals surface area (Å²) < 4.78 is 39.3. The van der Waals surface area contributed by atoms with Crippen LogP contribution in [0.25, 0.3) is 11.4 Å². The molecule has 0 saturated carbocycles. The Morgan fingerprint density at radius 1 is 0.897 bits per heavy atom. The van der Waals surface area contributed by atoms with Crippen LogP contribution in [0.4, 0.5) is 30.6 Å². The Kier molecular flexibility index (Phi) is 5.46. The van der Waals surface area contributed by atoms with Gasteiger partial charge in [0.05, 0.1) is 17.0 Å². The van der Waals surface area contributed by atoms with E-state index in [1.165, 1.54) is 6.07 Å². The summed E-state index contributed by atoms with van der Waals surface area (Å²) in [6.45, 7) is 7.63. The van der Waals surface area contributed by atoms with E-state index in [2.05, 4.69) is 25.6 Å². The third-order valence-electron chi connectivity index (χ3n) is 3.97. The van der Waals surface area contributed by atoms with E-state index in [1.54, 1.807) is 25.3 Å². The minimum atomic E-state index is -4.42. The van der Waals surface area contributed by atoms with Crippen LogP contribution in [0.5, 0.6) is 0 Å². The minimum absolute atomic E-state index is 0.299. The van der Waals surface area contributed by atoms with E-state index in [4.69, 9.17) is 0 Å². The third-order valence-corrected chi connectivity index (χ3v) is 3.97. The molecule has 0 radical (unpaired) electrons. The lowest BCUT2D eigenvalue weighted by Gasteiger charge is -2.21. The van der Waals surface area contributed by atoms with Crippen molar-refractivity contribution in [1.29, 1.82) is 0 Å². The number of aromatic nitrogens is 3. The lowest BCUT2D eigenvalue weighted by atomic mass is 10.1. The molecule has 0 atom stereocenters. The molecule has 5 nitrogen and oxygen atoms in total. The van der Waals surface area contributed by atoms with Gasteiger partial charge in [-0.3, -0.25) is 4.98 Å². The molecule has 0 saturated heterocycles. The number of hydrogen-bond acceptors (Lipinski definition) is 5. The van der Waals surface area contributed by atoms with Crippen LogP contribution < -0.4 is 10.6 Å². The average molecular weight is 401 g/mol. The van der Waals surface area contributed by atoms with Crippen LogP contribution in [0.3, 0.4) is 0 Å². The molecular weight excluding hydrogens is 379 g/mol. The van der Waals surface area contributed by atoms with E-state index < -0.39 is 11.7 Å². The summed E-state index contributed by atoms with van der Waals surface area (Å²) in [5.41, 5.74) is 1.16. The molecule has 29 heavy (non-hydrogen) atoms. The summed E-state index contributed by atoms with van der Waals surface area (Å²) in [5, 5.41) is 6.20. The zero-order valence-electron chi connectivity index (χ0n) is 16.6. The molecule has 0 amide bonds. The molecule has 2 N–H and O–H groups in total. The number of rotatable bonds is 4. The predicted octanol–water partition coefficient (Wildman–Crippen LogP) is 5.82. The molecule has 8 heteroatoms. The Morgan fingerprint density at radius 2 is 1.66 bits per heavy atom. The fraction of sp³-hybridized carbons (Fsp3) is 0.286. The molecular formula is C21H22F3N5. The van der Waals surface area contributed by atoms with Crippen molar-refractivity contribution in [1.82, 2.24) is 15.0 Å². The summed E-state index contributed by atoms with van der Waals surface area (Å²) in [6.07, 6.45) is -2.77. The van der Waals surface area contributed by atoms with Crippen molar-refractivity contribution in [2.45, 2.75) is 39.4 Å². The Hall–Kier alpha value is -3.16. The van der Waals surface area contributed by atoms with Crippen molar-refractivity contribution < 1.29 is 13.2 Å². The third kappa shape index (κ3) is 5.43. The highest BCUT2D eigenvalue weighted by Gasteiger charge is 2.30. The first-order chi connectivity index (χ1) is 13.5. The number of nitrogens with one attached hydrogen (secondary N) is 2. The molecule has 0 aliphatic rings. The fourth-order valence-corrected chi connectivity index (χ4v) is 2.62. The quantitative estimate of drug-likeness (QED) is 0.577. The van der Waals surface area contributed by atoms with E-state index in [1.807, 2.05) is 32.9 Å². The summed E-state index contributed by atoms with van der Waals surface area (Å²) in [7, 11) is 0. The average Bonchev–Trinajstić information content (AvgIpc) is 2.62. The highest BCUT2D eigenvalue weighted by atomic mass is 19.4. The Bertz CT molecular complexity index is 995. The Morgan fingerprint density at radius 3 is 2.28 bits per heavy atom. The number of aryl methyl sites for hydroxylation is 1. The van der Waals surface area contributed by atoms with Crippen LogP contribution in [0, 0.1) is 6.92 Å². The molecule has 0 bridgehead atoms. The first-order valence-corrected chi connectivity index (χ1v) is 9.05. The van der Waals surface area contributed by atoms with Crippen LogP contribution in [-0.2, 0) is 6.18 Å². The second kappa shape index (κ2) is 7.69. The lowest BCUT2D eigenvalue weighted by molar-refractivity contribution is -0.137. The number of anilines is 3. The molecule has 1 aromatic carbocycles. The normalized spacial score (nSPS) is 12.0. The van der Waals surface area contributed by atoms with E-state index in [0.29, 0.717) is 34.4 Å². The van der Waals surface area contributed by atoms with Gasteiger partial charge in [-0.1, -0.05) is 12.1 Å². The Labute approximate surface area is 167 Å². The zero-order chi connectivity index (χ0) is 21.2. The molecule has 2 aromatic heterocycles. The van der Waals surface area contributed by atoms with Crippen molar-refractivity contribution in [3.8, 4) is 11.4 Å². The fourth-order valence-electron chi connectivity index (χ4n) is 2.62. The van der Waals surface area contributed by atoms with Crippen molar-refractivity contribution in [3.05, 3.63) is 59.8 Å². The zero-order valence-corrected chi connectivity index (χ0v) is 16.6. The molecule has 0 fully saturated rings. The van der Waals surface area contributed by atoms with Crippen LogP contribution in [0.2, 0.25) is 0 Å². The Balaban J connectivity index is 2.04. The predicted molar refractivity (Wildman–Crippen MR) is 108 cm³/mol. The van der Waals surface area contributed by atoms with Gasteiger partial charge in [0, 0.05) is 23.5 Å². The number of nitrogens with zero attached hydrogens (tertiary/aromatic N) is 3. The van der Waals surface area contributed by atoms with Gasteiger partial charge in [-0.15, -0.1) is 0 Å². The maximum atomic E-state index is 13.1. The summed E-state index contributed by atoms with van der Waals surface area (Å²) in [4.78, 5) is 13.2. The highest BCUT2D eigenvalue weighted by molar-refractivity contribution is 5.67.